The molecule has 9 nitrogen and oxygen atoms in total. The first-order valence-electron chi connectivity index (χ1n) is 8.33. The average Bonchev–Trinajstić information content (AvgIpc) is 2.62. The zero-order valence-electron chi connectivity index (χ0n) is 15.6. The van der Waals surface area contributed by atoms with E-state index in [0.29, 0.717) is 23.6 Å². The van der Waals surface area contributed by atoms with Gasteiger partial charge in [0.2, 0.25) is 5.91 Å². The molecule has 0 radical (unpaired) electrons. The highest BCUT2D eigenvalue weighted by Gasteiger charge is 2.23. The molecule has 1 heterocycles. The normalized spacial score (nSPS) is 13.4. The number of hydrogen-bond acceptors (Lipinski definition) is 5. The van der Waals surface area contributed by atoms with E-state index in [1.54, 1.807) is 31.3 Å². The first-order valence-corrected chi connectivity index (χ1v) is 9.81. The molecule has 1 aliphatic rings. The maximum atomic E-state index is 12.9. The Morgan fingerprint density at radius 1 is 1.18 bits per heavy atom. The van der Waals surface area contributed by atoms with Gasteiger partial charge >= 0.3 is 6.03 Å². The Morgan fingerprint density at radius 2 is 1.89 bits per heavy atom. The molecule has 28 heavy (non-hydrogen) atoms. The number of hydrogen-bond donors (Lipinski definition) is 3. The van der Waals surface area contributed by atoms with Crippen LogP contribution in [0, 0.1) is 0 Å². The van der Waals surface area contributed by atoms with Gasteiger partial charge in [0.05, 0.1) is 7.11 Å². The van der Waals surface area contributed by atoms with Gasteiger partial charge in [0.1, 0.15) is 10.6 Å². The standard InChI is InChI=1S/C18H20N4O5S/c1-11(23)19-13-5-7-16(27-3)17(9-13)28(25,26)21-14-4-6-15-12(8-14)10-22(2)18(24)20-15/h4-9,21H,10H2,1-3H3,(H,19,23)(H,20,24). The largest absolute Gasteiger partial charge is 0.495 e. The highest BCUT2D eigenvalue weighted by Crippen LogP contribution is 2.31. The van der Waals surface area contributed by atoms with Gasteiger partial charge in [-0.3, -0.25) is 9.52 Å². The number of anilines is 3. The van der Waals surface area contributed by atoms with Crippen molar-refractivity contribution in [1.29, 1.82) is 0 Å². The molecule has 2 aromatic rings. The van der Waals surface area contributed by atoms with Crippen molar-refractivity contribution >= 4 is 39.0 Å². The number of carbonyl (C=O) groups is 2. The van der Waals surface area contributed by atoms with Crippen molar-refractivity contribution in [2.24, 2.45) is 0 Å². The molecule has 148 valence electrons. The molecule has 10 heteroatoms. The van der Waals surface area contributed by atoms with Crippen LogP contribution in [0.5, 0.6) is 5.75 Å². The Hall–Kier alpha value is -3.27. The van der Waals surface area contributed by atoms with Crippen LogP contribution in [0.1, 0.15) is 12.5 Å². The minimum atomic E-state index is -3.99. The van der Waals surface area contributed by atoms with Gasteiger partial charge in [-0.2, -0.15) is 0 Å². The van der Waals surface area contributed by atoms with Crippen molar-refractivity contribution in [3.63, 3.8) is 0 Å². The van der Waals surface area contributed by atoms with Gasteiger partial charge in [-0.25, -0.2) is 13.2 Å². The van der Waals surface area contributed by atoms with Crippen LogP contribution in [0.15, 0.2) is 41.3 Å². The molecule has 0 saturated carbocycles. The summed E-state index contributed by atoms with van der Waals surface area (Å²) in [4.78, 5) is 24.3. The molecule has 1 aliphatic heterocycles. The first-order chi connectivity index (χ1) is 13.2. The summed E-state index contributed by atoms with van der Waals surface area (Å²) in [6.45, 7) is 1.69. The second kappa shape index (κ2) is 7.39. The highest BCUT2D eigenvalue weighted by molar-refractivity contribution is 7.92. The Balaban J connectivity index is 1.93. The smallest absolute Gasteiger partial charge is 0.321 e. The number of benzene rings is 2. The molecular formula is C18H20N4O5S. The molecule has 0 bridgehead atoms. The number of nitrogens with one attached hydrogen (secondary N) is 3. The average molecular weight is 404 g/mol. The molecule has 0 fully saturated rings. The molecule has 3 N–H and O–H groups in total. The van der Waals surface area contributed by atoms with E-state index in [1.807, 2.05) is 0 Å². The summed E-state index contributed by atoms with van der Waals surface area (Å²) in [5.41, 5.74) is 2.09. The lowest BCUT2D eigenvalue weighted by atomic mass is 10.1. The molecule has 0 atom stereocenters. The van der Waals surface area contributed by atoms with Crippen LogP contribution < -0.4 is 20.1 Å². The number of fused-ring (bicyclic) bond motifs is 1. The number of rotatable bonds is 5. The Bertz CT molecular complexity index is 1050. The summed E-state index contributed by atoms with van der Waals surface area (Å²) < 4.78 is 33.5. The minimum Gasteiger partial charge on any atom is -0.495 e. The van der Waals surface area contributed by atoms with Crippen LogP contribution in [-0.2, 0) is 21.4 Å². The van der Waals surface area contributed by atoms with E-state index in [9.17, 15) is 18.0 Å². The second-order valence-corrected chi connectivity index (χ2v) is 7.96. The fraction of sp³-hybridized carbons (Fsp3) is 0.222. The lowest BCUT2D eigenvalue weighted by Crippen LogP contribution is -2.35. The van der Waals surface area contributed by atoms with Crippen LogP contribution in [0.25, 0.3) is 0 Å². The van der Waals surface area contributed by atoms with E-state index in [4.69, 9.17) is 4.74 Å². The predicted molar refractivity (Wildman–Crippen MR) is 105 cm³/mol. The summed E-state index contributed by atoms with van der Waals surface area (Å²) in [5, 5.41) is 5.27. The maximum Gasteiger partial charge on any atom is 0.321 e. The third kappa shape index (κ3) is 4.01. The van der Waals surface area contributed by atoms with Crippen LogP contribution in [0.2, 0.25) is 0 Å². The van der Waals surface area contributed by atoms with E-state index in [-0.39, 0.29) is 22.6 Å². The molecule has 3 rings (SSSR count). The second-order valence-electron chi connectivity index (χ2n) is 6.31. The van der Waals surface area contributed by atoms with Crippen molar-refractivity contribution < 1.29 is 22.7 Å². The van der Waals surface area contributed by atoms with Crippen molar-refractivity contribution in [2.75, 3.05) is 29.5 Å². The number of urea groups is 1. The van der Waals surface area contributed by atoms with Gasteiger partial charge in [-0.05, 0) is 42.0 Å². The number of amides is 3. The van der Waals surface area contributed by atoms with Gasteiger partial charge in [0.25, 0.3) is 10.0 Å². The monoisotopic (exact) mass is 404 g/mol. The Morgan fingerprint density at radius 3 is 2.57 bits per heavy atom. The SMILES string of the molecule is COc1ccc(NC(C)=O)cc1S(=O)(=O)Nc1ccc2c(c1)CN(C)C(=O)N2. The summed E-state index contributed by atoms with van der Waals surface area (Å²) >= 11 is 0. The van der Waals surface area contributed by atoms with Crippen LogP contribution >= 0.6 is 0 Å². The third-order valence-electron chi connectivity index (χ3n) is 4.13. The van der Waals surface area contributed by atoms with E-state index in [0.717, 1.165) is 5.56 Å². The van der Waals surface area contributed by atoms with Crippen molar-refractivity contribution in [1.82, 2.24) is 4.90 Å². The fourth-order valence-electron chi connectivity index (χ4n) is 2.83. The number of methoxy groups -OCH3 is 1. The van der Waals surface area contributed by atoms with Crippen molar-refractivity contribution in [2.45, 2.75) is 18.4 Å². The van der Waals surface area contributed by atoms with E-state index in [1.165, 1.54) is 31.1 Å². The lowest BCUT2D eigenvalue weighted by molar-refractivity contribution is -0.114. The lowest BCUT2D eigenvalue weighted by Gasteiger charge is -2.26. The van der Waals surface area contributed by atoms with E-state index in [2.05, 4.69) is 15.4 Å². The zero-order valence-corrected chi connectivity index (χ0v) is 16.4. The molecule has 0 aliphatic carbocycles. The fourth-order valence-corrected chi connectivity index (χ4v) is 4.07. The summed E-state index contributed by atoms with van der Waals surface area (Å²) in [7, 11) is -0.981. The predicted octanol–water partition coefficient (Wildman–Crippen LogP) is 2.43. The van der Waals surface area contributed by atoms with Gasteiger partial charge in [0.15, 0.2) is 0 Å². The molecule has 0 unspecified atom stereocenters. The molecule has 3 amide bonds. The first kappa shape index (κ1) is 19.5. The third-order valence-corrected chi connectivity index (χ3v) is 5.53. The Kier molecular flexibility index (Phi) is 5.14. The van der Waals surface area contributed by atoms with Gasteiger partial charge in [-0.1, -0.05) is 0 Å². The van der Waals surface area contributed by atoms with E-state index < -0.39 is 10.0 Å². The number of carbonyl (C=O) groups excluding carboxylic acids is 2. The topological polar surface area (TPSA) is 117 Å². The Labute approximate surface area is 162 Å². The van der Waals surface area contributed by atoms with Gasteiger partial charge in [-0.15, -0.1) is 0 Å². The molecule has 0 saturated heterocycles. The van der Waals surface area contributed by atoms with E-state index >= 15 is 0 Å². The number of nitrogens with zero attached hydrogens (tertiary/aromatic N) is 1. The zero-order chi connectivity index (χ0) is 20.5. The van der Waals surface area contributed by atoms with Crippen LogP contribution in [0.4, 0.5) is 21.9 Å². The number of sulfonamides is 1. The molecular weight excluding hydrogens is 384 g/mol. The van der Waals surface area contributed by atoms with Crippen LogP contribution in [0.3, 0.4) is 0 Å². The summed E-state index contributed by atoms with van der Waals surface area (Å²) in [5.74, 6) is -0.172. The van der Waals surface area contributed by atoms with Crippen LogP contribution in [-0.4, -0.2) is 39.4 Å². The van der Waals surface area contributed by atoms with Crippen molar-refractivity contribution in [3.8, 4) is 5.75 Å². The minimum absolute atomic E-state index is 0.107. The van der Waals surface area contributed by atoms with Gasteiger partial charge in [0, 0.05) is 37.6 Å². The van der Waals surface area contributed by atoms with Gasteiger partial charge < -0.3 is 20.3 Å². The summed E-state index contributed by atoms with van der Waals surface area (Å²) in [6, 6.07) is 8.99. The quantitative estimate of drug-likeness (QED) is 0.708. The molecule has 2 aromatic carbocycles. The maximum absolute atomic E-state index is 12.9. The molecule has 0 aromatic heterocycles. The molecule has 0 spiro atoms. The highest BCUT2D eigenvalue weighted by atomic mass is 32.2. The number of ether oxygens (including phenoxy) is 1. The summed E-state index contributed by atoms with van der Waals surface area (Å²) in [6.07, 6.45) is 0. The van der Waals surface area contributed by atoms with Crippen molar-refractivity contribution in [3.05, 3.63) is 42.0 Å².